The predicted octanol–water partition coefficient (Wildman–Crippen LogP) is 3.11. The Morgan fingerprint density at radius 3 is 2.30 bits per heavy atom. The number of ether oxygens (including phenoxy) is 1. The van der Waals surface area contributed by atoms with E-state index >= 15 is 0 Å². The Balaban J connectivity index is 1.52. The lowest BCUT2D eigenvalue weighted by Gasteiger charge is -2.13. The van der Waals surface area contributed by atoms with Gasteiger partial charge in [-0.1, -0.05) is 60.7 Å². The van der Waals surface area contributed by atoms with Gasteiger partial charge in [-0.2, -0.15) is 0 Å². The number of nitrogens with one attached hydrogen (secondary N) is 1. The molecule has 1 fully saturated rings. The summed E-state index contributed by atoms with van der Waals surface area (Å²) in [7, 11) is 0. The van der Waals surface area contributed by atoms with Crippen molar-refractivity contribution in [2.45, 2.75) is 25.0 Å². The van der Waals surface area contributed by atoms with Crippen LogP contribution in [-0.2, 0) is 22.6 Å². The molecule has 4 heteroatoms. The van der Waals surface area contributed by atoms with Crippen molar-refractivity contribution >= 4 is 12.4 Å². The number of hydrogen-bond acceptors (Lipinski definition) is 3. The van der Waals surface area contributed by atoms with Crippen molar-refractivity contribution in [1.29, 1.82) is 0 Å². The van der Waals surface area contributed by atoms with E-state index in [0.717, 1.165) is 18.3 Å². The molecule has 1 saturated carbocycles. The van der Waals surface area contributed by atoms with Crippen molar-refractivity contribution in [1.82, 2.24) is 5.32 Å². The topological polar surface area (TPSA) is 55.4 Å². The van der Waals surface area contributed by atoms with Crippen molar-refractivity contribution in [3.05, 3.63) is 71.8 Å². The maximum absolute atomic E-state index is 11.9. The third kappa shape index (κ3) is 3.77. The zero-order valence-electron chi connectivity index (χ0n) is 12.8. The van der Waals surface area contributed by atoms with Gasteiger partial charge >= 0.3 is 6.09 Å². The van der Waals surface area contributed by atoms with E-state index in [9.17, 15) is 9.59 Å². The van der Waals surface area contributed by atoms with Gasteiger partial charge in [0.2, 0.25) is 0 Å². The highest BCUT2D eigenvalue weighted by atomic mass is 16.5. The molecular formula is C19H19NO3. The maximum Gasteiger partial charge on any atom is 0.408 e. The Hall–Kier alpha value is -2.62. The lowest BCUT2D eigenvalue weighted by Crippen LogP contribution is -2.40. The molecule has 4 nitrogen and oxygen atoms in total. The van der Waals surface area contributed by atoms with Gasteiger partial charge in [0.15, 0.2) is 0 Å². The summed E-state index contributed by atoms with van der Waals surface area (Å²) in [5, 5.41) is 2.73. The van der Waals surface area contributed by atoms with Crippen molar-refractivity contribution in [3.8, 4) is 0 Å². The molecular weight excluding hydrogens is 290 g/mol. The van der Waals surface area contributed by atoms with Crippen LogP contribution in [0.3, 0.4) is 0 Å². The van der Waals surface area contributed by atoms with Gasteiger partial charge < -0.3 is 14.8 Å². The van der Waals surface area contributed by atoms with Crippen LogP contribution in [0.1, 0.15) is 17.5 Å². The van der Waals surface area contributed by atoms with Crippen LogP contribution < -0.4 is 5.32 Å². The van der Waals surface area contributed by atoms with Crippen molar-refractivity contribution < 1.29 is 14.3 Å². The van der Waals surface area contributed by atoms with Crippen LogP contribution in [0.15, 0.2) is 60.7 Å². The first kappa shape index (κ1) is 15.3. The molecule has 1 aliphatic rings. The van der Waals surface area contributed by atoms with Gasteiger partial charge in [0.1, 0.15) is 18.4 Å². The monoisotopic (exact) mass is 309 g/mol. The summed E-state index contributed by atoms with van der Waals surface area (Å²) in [6.07, 6.45) is 1.73. The van der Waals surface area contributed by atoms with E-state index in [2.05, 4.69) is 5.32 Å². The van der Waals surface area contributed by atoms with Crippen LogP contribution in [0.25, 0.3) is 0 Å². The summed E-state index contributed by atoms with van der Waals surface area (Å²) in [5.74, 6) is 0.131. The highest BCUT2D eigenvalue weighted by Crippen LogP contribution is 2.44. The van der Waals surface area contributed by atoms with E-state index in [1.54, 1.807) is 0 Å². The molecule has 1 aliphatic carbocycles. The lowest BCUT2D eigenvalue weighted by atomic mass is 10.1. The Bertz CT molecular complexity index is 672. The summed E-state index contributed by atoms with van der Waals surface area (Å²) in [6, 6.07) is 19.4. The van der Waals surface area contributed by atoms with Crippen LogP contribution >= 0.6 is 0 Å². The van der Waals surface area contributed by atoms with Gasteiger partial charge in [-0.3, -0.25) is 0 Å². The molecule has 2 aromatic carbocycles. The summed E-state index contributed by atoms with van der Waals surface area (Å²) in [6.45, 7) is 0.199. The highest BCUT2D eigenvalue weighted by Gasteiger charge is 2.55. The minimum Gasteiger partial charge on any atom is -0.445 e. The number of benzene rings is 2. The number of aldehydes is 1. The molecule has 2 aromatic rings. The third-order valence-corrected chi connectivity index (χ3v) is 4.24. The maximum atomic E-state index is 11.9. The smallest absolute Gasteiger partial charge is 0.408 e. The minimum atomic E-state index is -0.774. The number of amides is 1. The molecule has 0 aromatic heterocycles. The molecule has 1 amide bonds. The van der Waals surface area contributed by atoms with Crippen LogP contribution in [0.2, 0.25) is 0 Å². The SMILES string of the molecule is O=CC1(NC(=O)OCc2ccccc2)CC1Cc1ccccc1. The number of carbonyl (C=O) groups excluding carboxylic acids is 2. The molecule has 2 unspecified atom stereocenters. The minimum absolute atomic E-state index is 0.131. The normalized spacial score (nSPS) is 22.2. The summed E-state index contributed by atoms with van der Waals surface area (Å²) in [4.78, 5) is 23.4. The molecule has 23 heavy (non-hydrogen) atoms. The average molecular weight is 309 g/mol. The standard InChI is InChI=1S/C19H19NO3/c21-14-19(12-17(19)11-15-7-3-1-4-8-15)20-18(22)23-13-16-9-5-2-6-10-16/h1-10,14,17H,11-13H2,(H,20,22). The van der Waals surface area contributed by atoms with Crippen LogP contribution in [-0.4, -0.2) is 17.9 Å². The van der Waals surface area contributed by atoms with Gasteiger partial charge in [0.25, 0.3) is 0 Å². The van der Waals surface area contributed by atoms with E-state index in [4.69, 9.17) is 4.74 Å². The first-order valence-corrected chi connectivity index (χ1v) is 7.71. The molecule has 0 heterocycles. The molecule has 2 atom stereocenters. The molecule has 3 rings (SSSR count). The summed E-state index contributed by atoms with van der Waals surface area (Å²) < 4.78 is 5.20. The van der Waals surface area contributed by atoms with Crippen molar-refractivity contribution in [2.24, 2.45) is 5.92 Å². The molecule has 0 spiro atoms. The molecule has 118 valence electrons. The fourth-order valence-electron chi connectivity index (χ4n) is 2.78. The number of hydrogen-bond donors (Lipinski definition) is 1. The third-order valence-electron chi connectivity index (χ3n) is 4.24. The van der Waals surface area contributed by atoms with Gasteiger partial charge in [-0.25, -0.2) is 4.79 Å². The second kappa shape index (κ2) is 6.65. The Labute approximate surface area is 135 Å². The summed E-state index contributed by atoms with van der Waals surface area (Å²) >= 11 is 0. The molecule has 0 saturated heterocycles. The number of rotatable bonds is 6. The molecule has 0 radical (unpaired) electrons. The number of alkyl carbamates (subject to hydrolysis) is 1. The summed E-state index contributed by atoms with van der Waals surface area (Å²) in [5.41, 5.74) is 1.31. The van der Waals surface area contributed by atoms with E-state index < -0.39 is 11.6 Å². The highest BCUT2D eigenvalue weighted by molar-refractivity contribution is 5.80. The second-order valence-electron chi connectivity index (χ2n) is 5.94. The van der Waals surface area contributed by atoms with Crippen LogP contribution in [0, 0.1) is 5.92 Å². The second-order valence-corrected chi connectivity index (χ2v) is 5.94. The van der Waals surface area contributed by atoms with E-state index in [0.29, 0.717) is 6.42 Å². The van der Waals surface area contributed by atoms with E-state index in [1.165, 1.54) is 5.56 Å². The Morgan fingerprint density at radius 2 is 1.70 bits per heavy atom. The Kier molecular flexibility index (Phi) is 4.42. The average Bonchev–Trinajstić information content (AvgIpc) is 3.27. The predicted molar refractivity (Wildman–Crippen MR) is 86.8 cm³/mol. The quantitative estimate of drug-likeness (QED) is 0.834. The van der Waals surface area contributed by atoms with Crippen molar-refractivity contribution in [2.75, 3.05) is 0 Å². The van der Waals surface area contributed by atoms with Gasteiger partial charge in [0.05, 0.1) is 0 Å². The first-order valence-electron chi connectivity index (χ1n) is 7.71. The zero-order chi connectivity index (χ0) is 16.1. The fourth-order valence-corrected chi connectivity index (χ4v) is 2.78. The molecule has 1 N–H and O–H groups in total. The van der Waals surface area contributed by atoms with Gasteiger partial charge in [-0.15, -0.1) is 0 Å². The largest absolute Gasteiger partial charge is 0.445 e. The molecule has 0 aliphatic heterocycles. The lowest BCUT2D eigenvalue weighted by molar-refractivity contribution is -0.110. The first-order chi connectivity index (χ1) is 11.2. The van der Waals surface area contributed by atoms with E-state index in [-0.39, 0.29) is 12.5 Å². The molecule has 0 bridgehead atoms. The van der Waals surface area contributed by atoms with Crippen molar-refractivity contribution in [3.63, 3.8) is 0 Å². The fraction of sp³-hybridized carbons (Fsp3) is 0.263. The zero-order valence-corrected chi connectivity index (χ0v) is 12.8. The number of carbonyl (C=O) groups is 2. The van der Waals surface area contributed by atoms with Crippen LogP contribution in [0.4, 0.5) is 4.79 Å². The van der Waals surface area contributed by atoms with Gasteiger partial charge in [-0.05, 0) is 29.9 Å². The Morgan fingerprint density at radius 1 is 1.09 bits per heavy atom. The van der Waals surface area contributed by atoms with Gasteiger partial charge in [0, 0.05) is 0 Å². The van der Waals surface area contributed by atoms with Crippen LogP contribution in [0.5, 0.6) is 0 Å². The van der Waals surface area contributed by atoms with E-state index in [1.807, 2.05) is 60.7 Å².